The second-order valence-electron chi connectivity index (χ2n) is 3.95. The Morgan fingerprint density at radius 3 is 2.56 bits per heavy atom. The average molecular weight is 288 g/mol. The number of rotatable bonds is 5. The standard InChI is InChI=1S/C11H16N2O3S2/c1-3-18(15,16)7-6-13-8(2)4-5-9(10(12)17)11(13)14/h4-5H,3,6-7H2,1-2H3,(H2,12,17). The van der Waals surface area contributed by atoms with Crippen LogP contribution in [-0.2, 0) is 16.4 Å². The lowest BCUT2D eigenvalue weighted by molar-refractivity contribution is 0.586. The lowest BCUT2D eigenvalue weighted by Gasteiger charge is -2.11. The SMILES string of the molecule is CCS(=O)(=O)CCn1c(C)ccc(C(N)=S)c1=O. The highest BCUT2D eigenvalue weighted by Crippen LogP contribution is 2.00. The first kappa shape index (κ1) is 14.8. The van der Waals surface area contributed by atoms with Gasteiger partial charge in [0.1, 0.15) is 4.99 Å². The van der Waals surface area contributed by atoms with Gasteiger partial charge in [0.05, 0.1) is 11.3 Å². The summed E-state index contributed by atoms with van der Waals surface area (Å²) in [6.45, 7) is 3.44. The van der Waals surface area contributed by atoms with Crippen LogP contribution in [0.25, 0.3) is 0 Å². The minimum Gasteiger partial charge on any atom is -0.389 e. The van der Waals surface area contributed by atoms with Crippen LogP contribution in [0.5, 0.6) is 0 Å². The van der Waals surface area contributed by atoms with Crippen LogP contribution in [0.4, 0.5) is 0 Å². The zero-order chi connectivity index (χ0) is 13.9. The van der Waals surface area contributed by atoms with Crippen LogP contribution in [-0.4, -0.2) is 29.5 Å². The van der Waals surface area contributed by atoms with Crippen molar-refractivity contribution < 1.29 is 8.42 Å². The predicted octanol–water partition coefficient (Wildman–Crippen LogP) is 0.226. The van der Waals surface area contributed by atoms with E-state index >= 15 is 0 Å². The van der Waals surface area contributed by atoms with Gasteiger partial charge in [-0.05, 0) is 19.1 Å². The van der Waals surface area contributed by atoms with Gasteiger partial charge in [0.2, 0.25) is 0 Å². The molecule has 0 fully saturated rings. The predicted molar refractivity (Wildman–Crippen MR) is 75.7 cm³/mol. The van der Waals surface area contributed by atoms with Gasteiger partial charge < -0.3 is 10.3 Å². The zero-order valence-corrected chi connectivity index (χ0v) is 12.0. The van der Waals surface area contributed by atoms with Gasteiger partial charge in [-0.15, -0.1) is 0 Å². The molecule has 0 bridgehead atoms. The third-order valence-electron chi connectivity index (χ3n) is 2.72. The van der Waals surface area contributed by atoms with Crippen LogP contribution in [0, 0.1) is 6.92 Å². The summed E-state index contributed by atoms with van der Waals surface area (Å²) in [4.78, 5) is 12.1. The van der Waals surface area contributed by atoms with Crippen molar-refractivity contribution in [2.75, 3.05) is 11.5 Å². The van der Waals surface area contributed by atoms with Gasteiger partial charge in [-0.2, -0.15) is 0 Å². The van der Waals surface area contributed by atoms with E-state index in [2.05, 4.69) is 0 Å². The first-order valence-electron chi connectivity index (χ1n) is 5.49. The summed E-state index contributed by atoms with van der Waals surface area (Å²) in [5, 5.41) is 0. The fourth-order valence-electron chi connectivity index (χ4n) is 1.51. The molecule has 1 aromatic heterocycles. The van der Waals surface area contributed by atoms with E-state index in [-0.39, 0.29) is 34.2 Å². The van der Waals surface area contributed by atoms with E-state index < -0.39 is 9.84 Å². The lowest BCUT2D eigenvalue weighted by Crippen LogP contribution is -2.32. The maximum Gasteiger partial charge on any atom is 0.261 e. The van der Waals surface area contributed by atoms with Crippen molar-refractivity contribution in [3.63, 3.8) is 0 Å². The fourth-order valence-corrected chi connectivity index (χ4v) is 2.42. The molecule has 0 aliphatic rings. The largest absolute Gasteiger partial charge is 0.389 e. The molecular formula is C11H16N2O3S2. The molecule has 0 aliphatic heterocycles. The molecule has 0 spiro atoms. The summed E-state index contributed by atoms with van der Waals surface area (Å²) in [6, 6.07) is 3.26. The van der Waals surface area contributed by atoms with Crippen molar-refractivity contribution in [2.24, 2.45) is 5.73 Å². The molecule has 1 aromatic rings. The number of nitrogens with two attached hydrogens (primary N) is 1. The Labute approximate surface area is 112 Å². The fraction of sp³-hybridized carbons (Fsp3) is 0.455. The Kier molecular flexibility index (Phi) is 4.64. The summed E-state index contributed by atoms with van der Waals surface area (Å²) in [5.41, 5.74) is 6.03. The zero-order valence-electron chi connectivity index (χ0n) is 10.3. The second-order valence-corrected chi connectivity index (χ2v) is 6.86. The van der Waals surface area contributed by atoms with Gasteiger partial charge in [0.25, 0.3) is 5.56 Å². The smallest absolute Gasteiger partial charge is 0.261 e. The average Bonchev–Trinajstić information content (AvgIpc) is 2.28. The van der Waals surface area contributed by atoms with Crippen LogP contribution in [0.1, 0.15) is 18.2 Å². The molecule has 0 aliphatic carbocycles. The Balaban J connectivity index is 3.14. The van der Waals surface area contributed by atoms with Crippen LogP contribution in [0.15, 0.2) is 16.9 Å². The van der Waals surface area contributed by atoms with Gasteiger partial charge in [-0.3, -0.25) is 4.79 Å². The second kappa shape index (κ2) is 5.62. The summed E-state index contributed by atoms with van der Waals surface area (Å²) >= 11 is 4.78. The van der Waals surface area contributed by atoms with Gasteiger partial charge in [0.15, 0.2) is 9.84 Å². The minimum atomic E-state index is -3.11. The van der Waals surface area contributed by atoms with Crippen molar-refractivity contribution >= 4 is 27.0 Å². The number of hydrogen-bond acceptors (Lipinski definition) is 4. The molecule has 1 rings (SSSR count). The molecule has 0 amide bonds. The molecule has 0 radical (unpaired) electrons. The Hall–Kier alpha value is -1.21. The molecule has 0 saturated carbocycles. The molecule has 0 aromatic carbocycles. The quantitative estimate of drug-likeness (QED) is 0.784. The molecule has 0 saturated heterocycles. The molecule has 100 valence electrons. The highest BCUT2D eigenvalue weighted by atomic mass is 32.2. The van der Waals surface area contributed by atoms with E-state index in [4.69, 9.17) is 18.0 Å². The molecule has 2 N–H and O–H groups in total. The maximum atomic E-state index is 12.0. The van der Waals surface area contributed by atoms with E-state index in [0.29, 0.717) is 5.69 Å². The third-order valence-corrected chi connectivity index (χ3v) is 4.63. The van der Waals surface area contributed by atoms with Gasteiger partial charge in [-0.25, -0.2) is 8.42 Å². The van der Waals surface area contributed by atoms with Crippen molar-refractivity contribution in [3.05, 3.63) is 33.7 Å². The Morgan fingerprint density at radius 2 is 2.06 bits per heavy atom. The monoisotopic (exact) mass is 288 g/mol. The number of thiocarbonyl (C=S) groups is 1. The first-order chi connectivity index (χ1) is 8.28. The number of aryl methyl sites for hydroxylation is 1. The van der Waals surface area contributed by atoms with Crippen molar-refractivity contribution in [1.82, 2.24) is 4.57 Å². The van der Waals surface area contributed by atoms with Crippen LogP contribution < -0.4 is 11.3 Å². The van der Waals surface area contributed by atoms with E-state index in [1.807, 2.05) is 0 Å². The summed E-state index contributed by atoms with van der Waals surface area (Å²) in [7, 11) is -3.11. The third kappa shape index (κ3) is 3.39. The lowest BCUT2D eigenvalue weighted by atomic mass is 10.2. The van der Waals surface area contributed by atoms with E-state index in [9.17, 15) is 13.2 Å². The molecule has 5 nitrogen and oxygen atoms in total. The molecule has 7 heteroatoms. The van der Waals surface area contributed by atoms with E-state index in [1.165, 1.54) is 4.57 Å². The summed E-state index contributed by atoms with van der Waals surface area (Å²) in [5.74, 6) is 0.000817. The van der Waals surface area contributed by atoms with Crippen LogP contribution in [0.3, 0.4) is 0 Å². The Bertz CT molecular complexity index is 618. The number of hydrogen-bond donors (Lipinski definition) is 1. The Morgan fingerprint density at radius 1 is 1.44 bits per heavy atom. The van der Waals surface area contributed by atoms with Crippen molar-refractivity contribution in [2.45, 2.75) is 20.4 Å². The molecule has 1 heterocycles. The number of nitrogens with zero attached hydrogens (tertiary/aromatic N) is 1. The maximum absolute atomic E-state index is 12.0. The van der Waals surface area contributed by atoms with Crippen LogP contribution in [0.2, 0.25) is 0 Å². The molecular weight excluding hydrogens is 272 g/mol. The topological polar surface area (TPSA) is 82.2 Å². The number of pyridine rings is 1. The van der Waals surface area contributed by atoms with E-state index in [0.717, 1.165) is 0 Å². The minimum absolute atomic E-state index is 0.0205. The van der Waals surface area contributed by atoms with Gasteiger partial charge in [-0.1, -0.05) is 19.1 Å². The molecule has 18 heavy (non-hydrogen) atoms. The molecule has 0 atom stereocenters. The van der Waals surface area contributed by atoms with Crippen molar-refractivity contribution in [3.8, 4) is 0 Å². The summed E-state index contributed by atoms with van der Waals surface area (Å²) in [6.07, 6.45) is 0. The summed E-state index contributed by atoms with van der Waals surface area (Å²) < 4.78 is 24.3. The first-order valence-corrected chi connectivity index (χ1v) is 7.72. The van der Waals surface area contributed by atoms with Gasteiger partial charge >= 0.3 is 0 Å². The van der Waals surface area contributed by atoms with E-state index in [1.54, 1.807) is 26.0 Å². The van der Waals surface area contributed by atoms with Gasteiger partial charge in [0, 0.05) is 18.0 Å². The molecule has 0 unspecified atom stereocenters. The number of aromatic nitrogens is 1. The number of sulfone groups is 1. The highest BCUT2D eigenvalue weighted by Gasteiger charge is 2.12. The highest BCUT2D eigenvalue weighted by molar-refractivity contribution is 7.91. The normalized spacial score (nSPS) is 11.4. The van der Waals surface area contributed by atoms with Crippen molar-refractivity contribution in [1.29, 1.82) is 0 Å². The van der Waals surface area contributed by atoms with Crippen LogP contribution >= 0.6 is 12.2 Å².